The first-order valence-electron chi connectivity index (χ1n) is 9.15. The van der Waals surface area contributed by atoms with Gasteiger partial charge in [-0.25, -0.2) is 14.8 Å². The van der Waals surface area contributed by atoms with E-state index in [1.807, 2.05) is 6.07 Å². The average Bonchev–Trinajstić information content (AvgIpc) is 3.18. The molecule has 138 valence electrons. The summed E-state index contributed by atoms with van der Waals surface area (Å²) in [5.74, 6) is 1.28. The average molecular weight is 348 g/mol. The van der Waals surface area contributed by atoms with Crippen LogP contribution < -0.4 is 15.5 Å². The third-order valence-electron chi connectivity index (χ3n) is 4.72. The molecule has 0 aromatic carbocycles. The van der Waals surface area contributed by atoms with Crippen molar-refractivity contribution in [2.24, 2.45) is 5.92 Å². The summed E-state index contributed by atoms with van der Waals surface area (Å²) < 4.78 is 5.30. The molecule has 0 unspecified atom stereocenters. The number of anilines is 1. The Morgan fingerprint density at radius 2 is 2.00 bits per heavy atom. The number of hydrogen-bond donors (Lipinski definition) is 2. The summed E-state index contributed by atoms with van der Waals surface area (Å²) in [4.78, 5) is 25.0. The molecule has 3 rings (SSSR count). The van der Waals surface area contributed by atoms with E-state index in [2.05, 4.69) is 30.4 Å². The van der Waals surface area contributed by atoms with Crippen LogP contribution in [-0.2, 0) is 4.74 Å². The lowest BCUT2D eigenvalue weighted by Crippen LogP contribution is -2.47. The molecule has 0 bridgehead atoms. The number of nitrogens with one attached hydrogen (secondary N) is 2. The summed E-state index contributed by atoms with van der Waals surface area (Å²) in [6.07, 6.45) is 5.57. The first kappa shape index (κ1) is 17.9. The van der Waals surface area contributed by atoms with Crippen molar-refractivity contribution >= 4 is 12.0 Å². The molecule has 0 radical (unpaired) electrons. The largest absolute Gasteiger partial charge is 0.381 e. The van der Waals surface area contributed by atoms with Crippen LogP contribution >= 0.6 is 0 Å². The molecule has 2 amide bonds. The maximum absolute atomic E-state index is 11.8. The summed E-state index contributed by atoms with van der Waals surface area (Å²) in [7, 11) is 0. The molecule has 2 aliphatic heterocycles. The molecule has 2 fully saturated rings. The Kier molecular flexibility index (Phi) is 6.81. The van der Waals surface area contributed by atoms with Gasteiger partial charge in [0.15, 0.2) is 0 Å². The Labute approximate surface area is 148 Å². The van der Waals surface area contributed by atoms with Gasteiger partial charge in [0.1, 0.15) is 0 Å². The third-order valence-corrected chi connectivity index (χ3v) is 4.72. The second-order valence-corrected chi connectivity index (χ2v) is 6.60. The maximum Gasteiger partial charge on any atom is 0.314 e. The zero-order chi connectivity index (χ0) is 17.3. The van der Waals surface area contributed by atoms with E-state index in [9.17, 15) is 4.79 Å². The first-order chi connectivity index (χ1) is 12.3. The molecule has 1 aromatic rings. The van der Waals surface area contributed by atoms with Crippen LogP contribution in [0, 0.1) is 5.92 Å². The van der Waals surface area contributed by atoms with Crippen LogP contribution in [0.5, 0.6) is 0 Å². The van der Waals surface area contributed by atoms with Crippen molar-refractivity contribution in [3.05, 3.63) is 18.5 Å². The highest BCUT2D eigenvalue weighted by atomic mass is 16.5. The van der Waals surface area contributed by atoms with Crippen LogP contribution in [0.25, 0.3) is 0 Å². The quantitative estimate of drug-likeness (QED) is 0.691. The Balaban J connectivity index is 1.23. The molecule has 1 aromatic heterocycles. The van der Waals surface area contributed by atoms with Gasteiger partial charge in [0.25, 0.3) is 0 Å². The summed E-state index contributed by atoms with van der Waals surface area (Å²) in [6, 6.07) is 1.77. The summed E-state index contributed by atoms with van der Waals surface area (Å²) in [5, 5.41) is 5.86. The van der Waals surface area contributed by atoms with Gasteiger partial charge < -0.3 is 20.3 Å². The summed E-state index contributed by atoms with van der Waals surface area (Å²) in [5.41, 5.74) is 0. The van der Waals surface area contributed by atoms with Crippen LogP contribution in [0.1, 0.15) is 12.8 Å². The normalized spacial score (nSPS) is 21.3. The Bertz CT molecular complexity index is 515. The second kappa shape index (κ2) is 9.53. The molecule has 1 atom stereocenters. The monoisotopic (exact) mass is 348 g/mol. The van der Waals surface area contributed by atoms with Gasteiger partial charge in [0.2, 0.25) is 5.95 Å². The van der Waals surface area contributed by atoms with E-state index in [4.69, 9.17) is 4.74 Å². The van der Waals surface area contributed by atoms with E-state index >= 15 is 0 Å². The minimum Gasteiger partial charge on any atom is -0.381 e. The van der Waals surface area contributed by atoms with Crippen LogP contribution in [0.2, 0.25) is 0 Å². The van der Waals surface area contributed by atoms with E-state index in [0.717, 1.165) is 64.7 Å². The number of piperazine rings is 1. The van der Waals surface area contributed by atoms with Crippen molar-refractivity contribution in [3.63, 3.8) is 0 Å². The van der Waals surface area contributed by atoms with Crippen LogP contribution in [0.15, 0.2) is 18.5 Å². The lowest BCUT2D eigenvalue weighted by atomic mass is 10.1. The van der Waals surface area contributed by atoms with Gasteiger partial charge >= 0.3 is 6.03 Å². The number of nitrogens with zero attached hydrogens (tertiary/aromatic N) is 4. The Morgan fingerprint density at radius 1 is 1.20 bits per heavy atom. The van der Waals surface area contributed by atoms with E-state index in [1.54, 1.807) is 12.4 Å². The third kappa shape index (κ3) is 5.82. The first-order valence-corrected chi connectivity index (χ1v) is 9.15. The van der Waals surface area contributed by atoms with Gasteiger partial charge in [-0.1, -0.05) is 0 Å². The number of carbonyl (C=O) groups is 1. The van der Waals surface area contributed by atoms with Crippen molar-refractivity contribution < 1.29 is 9.53 Å². The molecule has 8 heteroatoms. The topological polar surface area (TPSA) is 82.6 Å². The van der Waals surface area contributed by atoms with E-state index in [0.29, 0.717) is 19.0 Å². The molecule has 2 saturated heterocycles. The van der Waals surface area contributed by atoms with Crippen LogP contribution in [-0.4, -0.2) is 79.9 Å². The molecule has 0 spiro atoms. The minimum absolute atomic E-state index is 0.0713. The lowest BCUT2D eigenvalue weighted by molar-refractivity contribution is 0.185. The van der Waals surface area contributed by atoms with Gasteiger partial charge in [0, 0.05) is 64.2 Å². The fourth-order valence-corrected chi connectivity index (χ4v) is 3.17. The SMILES string of the molecule is O=C(NCCCN1CCN(c2ncccn2)CC1)NC[C@@H]1CCOC1. The van der Waals surface area contributed by atoms with Crippen LogP contribution in [0.4, 0.5) is 10.7 Å². The summed E-state index contributed by atoms with van der Waals surface area (Å²) >= 11 is 0. The molecular weight excluding hydrogens is 320 g/mol. The van der Waals surface area contributed by atoms with Gasteiger partial charge in [-0.05, 0) is 25.5 Å². The zero-order valence-electron chi connectivity index (χ0n) is 14.7. The molecule has 0 aliphatic carbocycles. The van der Waals surface area contributed by atoms with Gasteiger partial charge in [-0.2, -0.15) is 0 Å². The Morgan fingerprint density at radius 3 is 2.72 bits per heavy atom. The van der Waals surface area contributed by atoms with Gasteiger partial charge in [-0.15, -0.1) is 0 Å². The molecule has 25 heavy (non-hydrogen) atoms. The van der Waals surface area contributed by atoms with Crippen molar-refractivity contribution in [1.82, 2.24) is 25.5 Å². The van der Waals surface area contributed by atoms with E-state index in [-0.39, 0.29) is 6.03 Å². The number of amides is 2. The van der Waals surface area contributed by atoms with E-state index in [1.165, 1.54) is 0 Å². The molecule has 8 nitrogen and oxygen atoms in total. The standard InChI is InChI=1S/C17H28N6O2/c24-17(21-13-15-3-12-25-14-15)20-6-2-7-22-8-10-23(11-9-22)16-18-4-1-5-19-16/h1,4-5,15H,2-3,6-14H2,(H2,20,21,24)/t15-/m0/s1. The molecule has 3 heterocycles. The second-order valence-electron chi connectivity index (χ2n) is 6.60. The molecule has 2 N–H and O–H groups in total. The zero-order valence-corrected chi connectivity index (χ0v) is 14.7. The van der Waals surface area contributed by atoms with Crippen molar-refractivity contribution in [2.75, 3.05) is 63.9 Å². The Hall–Kier alpha value is -1.93. The number of urea groups is 1. The highest BCUT2D eigenvalue weighted by Crippen LogP contribution is 2.11. The highest BCUT2D eigenvalue weighted by Gasteiger charge is 2.18. The molecular formula is C17H28N6O2. The number of rotatable bonds is 7. The molecule has 0 saturated carbocycles. The predicted octanol–water partition coefficient (Wildman–Crippen LogP) is 0.324. The van der Waals surface area contributed by atoms with Gasteiger partial charge in [0.05, 0.1) is 6.61 Å². The van der Waals surface area contributed by atoms with Crippen LogP contribution in [0.3, 0.4) is 0 Å². The number of hydrogen-bond acceptors (Lipinski definition) is 6. The predicted molar refractivity (Wildman–Crippen MR) is 95.6 cm³/mol. The lowest BCUT2D eigenvalue weighted by Gasteiger charge is -2.34. The smallest absolute Gasteiger partial charge is 0.314 e. The summed E-state index contributed by atoms with van der Waals surface area (Å²) in [6.45, 7) is 7.89. The maximum atomic E-state index is 11.8. The fraction of sp³-hybridized carbons (Fsp3) is 0.706. The van der Waals surface area contributed by atoms with Gasteiger partial charge in [-0.3, -0.25) is 4.90 Å². The minimum atomic E-state index is -0.0713. The molecule has 2 aliphatic rings. The van der Waals surface area contributed by atoms with Crippen molar-refractivity contribution in [2.45, 2.75) is 12.8 Å². The van der Waals surface area contributed by atoms with Crippen molar-refractivity contribution in [1.29, 1.82) is 0 Å². The fourth-order valence-electron chi connectivity index (χ4n) is 3.17. The number of aromatic nitrogens is 2. The van der Waals surface area contributed by atoms with Crippen molar-refractivity contribution in [3.8, 4) is 0 Å². The highest BCUT2D eigenvalue weighted by molar-refractivity contribution is 5.73. The van der Waals surface area contributed by atoms with E-state index < -0.39 is 0 Å². The number of ether oxygens (including phenoxy) is 1. The number of carbonyl (C=O) groups excluding carboxylic acids is 1.